The minimum Gasteiger partial charge on any atom is -0.361 e. The lowest BCUT2D eigenvalue weighted by Gasteiger charge is -1.96. The maximum absolute atomic E-state index is 3.74. The Kier molecular flexibility index (Phi) is 2.96. The smallest absolute Gasteiger partial charge is 0.0406 e. The number of aromatic amines is 1. The summed E-state index contributed by atoms with van der Waals surface area (Å²) in [7, 11) is 0. The number of aromatic nitrogens is 1. The Morgan fingerprint density at radius 2 is 2.45 bits per heavy atom. The molecule has 1 rings (SSSR count). The summed E-state index contributed by atoms with van der Waals surface area (Å²) >= 11 is 0. The second-order valence-corrected chi connectivity index (χ2v) is 2.72. The number of hydrogen-bond acceptors (Lipinski definition) is 0. The van der Waals surface area contributed by atoms with E-state index >= 15 is 0 Å². The van der Waals surface area contributed by atoms with Gasteiger partial charge in [0, 0.05) is 11.9 Å². The molecule has 11 heavy (non-hydrogen) atoms. The van der Waals surface area contributed by atoms with E-state index in [9.17, 15) is 0 Å². The summed E-state index contributed by atoms with van der Waals surface area (Å²) in [6.07, 6.45) is 7.54. The molecule has 1 heterocycles. The zero-order chi connectivity index (χ0) is 8.10. The molecule has 1 N–H and O–H groups in total. The van der Waals surface area contributed by atoms with Crippen LogP contribution in [-0.2, 0) is 6.42 Å². The van der Waals surface area contributed by atoms with Crippen LogP contribution in [0.1, 0.15) is 31.0 Å². The highest BCUT2D eigenvalue weighted by Crippen LogP contribution is 2.10. The third-order valence-electron chi connectivity index (χ3n) is 1.87. The van der Waals surface area contributed by atoms with E-state index in [1.165, 1.54) is 30.5 Å². The second-order valence-electron chi connectivity index (χ2n) is 2.72. The predicted octanol–water partition coefficient (Wildman–Crippen LogP) is 3.00. The standard InChI is InChI=1S/C10H15N/c1-3-5-6-9-7-8-11-10(9)4-2/h4,7-8,11H,2-3,5-6H2,1H3. The van der Waals surface area contributed by atoms with Crippen LogP contribution in [0.4, 0.5) is 0 Å². The molecule has 1 heteroatoms. The van der Waals surface area contributed by atoms with Crippen molar-refractivity contribution in [1.29, 1.82) is 0 Å². The van der Waals surface area contributed by atoms with E-state index in [-0.39, 0.29) is 0 Å². The maximum atomic E-state index is 3.74. The molecule has 1 aromatic rings. The monoisotopic (exact) mass is 149 g/mol. The number of aryl methyl sites for hydroxylation is 1. The van der Waals surface area contributed by atoms with E-state index in [4.69, 9.17) is 0 Å². The van der Waals surface area contributed by atoms with E-state index in [0.29, 0.717) is 0 Å². The summed E-state index contributed by atoms with van der Waals surface area (Å²) < 4.78 is 0. The molecule has 0 radical (unpaired) electrons. The van der Waals surface area contributed by atoms with E-state index < -0.39 is 0 Å². The summed E-state index contributed by atoms with van der Waals surface area (Å²) in [4.78, 5) is 3.15. The van der Waals surface area contributed by atoms with Gasteiger partial charge in [0.1, 0.15) is 0 Å². The van der Waals surface area contributed by atoms with Crippen LogP contribution in [0.15, 0.2) is 18.8 Å². The molecule has 0 amide bonds. The predicted molar refractivity (Wildman–Crippen MR) is 49.5 cm³/mol. The molecule has 0 fully saturated rings. The van der Waals surface area contributed by atoms with Crippen LogP contribution < -0.4 is 0 Å². The molecule has 0 spiro atoms. The molecule has 60 valence electrons. The van der Waals surface area contributed by atoms with Crippen LogP contribution in [0.5, 0.6) is 0 Å². The van der Waals surface area contributed by atoms with Crippen LogP contribution in [0.3, 0.4) is 0 Å². The van der Waals surface area contributed by atoms with Gasteiger partial charge in [-0.15, -0.1) is 0 Å². The van der Waals surface area contributed by atoms with Gasteiger partial charge < -0.3 is 4.98 Å². The number of rotatable bonds is 4. The van der Waals surface area contributed by atoms with Crippen molar-refractivity contribution in [2.24, 2.45) is 0 Å². The Morgan fingerprint density at radius 1 is 1.64 bits per heavy atom. The first-order chi connectivity index (χ1) is 5.38. The fraction of sp³-hybridized carbons (Fsp3) is 0.400. The highest BCUT2D eigenvalue weighted by atomic mass is 14.7. The number of H-pyrrole nitrogens is 1. The number of hydrogen-bond donors (Lipinski definition) is 1. The summed E-state index contributed by atoms with van der Waals surface area (Å²) in [5.74, 6) is 0. The normalized spacial score (nSPS) is 9.91. The van der Waals surface area contributed by atoms with E-state index in [2.05, 4.69) is 24.6 Å². The van der Waals surface area contributed by atoms with Gasteiger partial charge in [-0.05, 0) is 30.5 Å². The van der Waals surface area contributed by atoms with Crippen molar-refractivity contribution in [3.63, 3.8) is 0 Å². The van der Waals surface area contributed by atoms with Gasteiger partial charge in [-0.2, -0.15) is 0 Å². The lowest BCUT2D eigenvalue weighted by atomic mass is 10.1. The Bertz CT molecular complexity index is 223. The lowest BCUT2D eigenvalue weighted by Crippen LogP contribution is -1.84. The van der Waals surface area contributed by atoms with Gasteiger partial charge in [0.2, 0.25) is 0 Å². The van der Waals surface area contributed by atoms with Gasteiger partial charge in [0.25, 0.3) is 0 Å². The average Bonchev–Trinajstić information content (AvgIpc) is 2.47. The zero-order valence-corrected chi connectivity index (χ0v) is 7.06. The summed E-state index contributed by atoms with van der Waals surface area (Å²) in [6.45, 7) is 5.95. The third kappa shape index (κ3) is 1.97. The summed E-state index contributed by atoms with van der Waals surface area (Å²) in [6, 6.07) is 2.13. The Morgan fingerprint density at radius 3 is 3.09 bits per heavy atom. The molecule has 0 aliphatic heterocycles. The largest absolute Gasteiger partial charge is 0.361 e. The van der Waals surface area contributed by atoms with Crippen molar-refractivity contribution in [2.75, 3.05) is 0 Å². The first kappa shape index (κ1) is 8.12. The molecule has 0 unspecified atom stereocenters. The molecular weight excluding hydrogens is 134 g/mol. The zero-order valence-electron chi connectivity index (χ0n) is 7.06. The van der Waals surface area contributed by atoms with Gasteiger partial charge in [0.05, 0.1) is 0 Å². The minimum absolute atomic E-state index is 1.17. The third-order valence-corrected chi connectivity index (χ3v) is 1.87. The van der Waals surface area contributed by atoms with Gasteiger partial charge in [-0.3, -0.25) is 0 Å². The van der Waals surface area contributed by atoms with Crippen LogP contribution in [0, 0.1) is 0 Å². The molecular formula is C10H15N. The summed E-state index contributed by atoms with van der Waals surface area (Å²) in [5, 5.41) is 0. The fourth-order valence-electron chi connectivity index (χ4n) is 1.19. The number of unbranched alkanes of at least 4 members (excludes halogenated alkanes) is 1. The average molecular weight is 149 g/mol. The molecule has 0 aromatic carbocycles. The minimum atomic E-state index is 1.17. The topological polar surface area (TPSA) is 15.8 Å². The SMILES string of the molecule is C=Cc1[nH]ccc1CCCC. The Hall–Kier alpha value is -0.980. The van der Waals surface area contributed by atoms with Crippen molar-refractivity contribution in [3.8, 4) is 0 Å². The first-order valence-corrected chi connectivity index (χ1v) is 4.17. The Labute approximate surface area is 68.1 Å². The van der Waals surface area contributed by atoms with Gasteiger partial charge in [-0.1, -0.05) is 19.9 Å². The molecule has 0 bridgehead atoms. The van der Waals surface area contributed by atoms with Gasteiger partial charge in [0.15, 0.2) is 0 Å². The first-order valence-electron chi connectivity index (χ1n) is 4.17. The van der Waals surface area contributed by atoms with Crippen molar-refractivity contribution in [1.82, 2.24) is 4.98 Å². The second kappa shape index (κ2) is 4.02. The van der Waals surface area contributed by atoms with Crippen LogP contribution in [0.2, 0.25) is 0 Å². The van der Waals surface area contributed by atoms with Crippen molar-refractivity contribution in [2.45, 2.75) is 26.2 Å². The van der Waals surface area contributed by atoms with E-state index in [1.807, 2.05) is 12.3 Å². The highest BCUT2D eigenvalue weighted by Gasteiger charge is 1.97. The van der Waals surface area contributed by atoms with Crippen LogP contribution in [0.25, 0.3) is 6.08 Å². The lowest BCUT2D eigenvalue weighted by molar-refractivity contribution is 0.795. The van der Waals surface area contributed by atoms with Crippen LogP contribution in [-0.4, -0.2) is 4.98 Å². The molecule has 0 atom stereocenters. The number of nitrogens with one attached hydrogen (secondary N) is 1. The van der Waals surface area contributed by atoms with Crippen molar-refractivity contribution < 1.29 is 0 Å². The molecule has 1 nitrogen and oxygen atoms in total. The van der Waals surface area contributed by atoms with Gasteiger partial charge >= 0.3 is 0 Å². The Balaban J connectivity index is 2.61. The van der Waals surface area contributed by atoms with E-state index in [1.54, 1.807) is 0 Å². The molecule has 0 aliphatic rings. The fourth-order valence-corrected chi connectivity index (χ4v) is 1.19. The molecule has 1 aromatic heterocycles. The quantitative estimate of drug-likeness (QED) is 0.677. The highest BCUT2D eigenvalue weighted by molar-refractivity contribution is 5.47. The molecule has 0 saturated heterocycles. The van der Waals surface area contributed by atoms with Gasteiger partial charge in [-0.25, -0.2) is 0 Å². The molecule has 0 aliphatic carbocycles. The van der Waals surface area contributed by atoms with Crippen LogP contribution >= 0.6 is 0 Å². The molecule has 0 saturated carbocycles. The van der Waals surface area contributed by atoms with Crippen molar-refractivity contribution in [3.05, 3.63) is 30.1 Å². The van der Waals surface area contributed by atoms with Crippen molar-refractivity contribution >= 4 is 6.08 Å². The summed E-state index contributed by atoms with van der Waals surface area (Å²) in [5.41, 5.74) is 2.57. The maximum Gasteiger partial charge on any atom is 0.0406 e. The van der Waals surface area contributed by atoms with E-state index in [0.717, 1.165) is 0 Å².